The minimum absolute atomic E-state index is 0.261. The molecule has 0 aromatic carbocycles. The maximum atomic E-state index is 12.4. The van der Waals surface area contributed by atoms with Crippen LogP contribution in [0.4, 0.5) is 0 Å². The molecule has 1 rings (SSSR count). The highest BCUT2D eigenvalue weighted by Crippen LogP contribution is 2.28. The van der Waals surface area contributed by atoms with E-state index in [1.807, 2.05) is 0 Å². The lowest BCUT2D eigenvalue weighted by atomic mass is 9.83. The van der Waals surface area contributed by atoms with Gasteiger partial charge in [0.25, 0.3) is 0 Å². The molecule has 3 atom stereocenters. The summed E-state index contributed by atoms with van der Waals surface area (Å²) < 4.78 is 5.11. The van der Waals surface area contributed by atoms with Gasteiger partial charge >= 0.3 is 0 Å². The average molecular weight is 270 g/mol. The molecule has 1 amide bonds. The Balaban J connectivity index is 2.61. The van der Waals surface area contributed by atoms with E-state index in [0.717, 1.165) is 13.0 Å². The monoisotopic (exact) mass is 270 g/mol. The van der Waals surface area contributed by atoms with Crippen molar-refractivity contribution in [2.75, 3.05) is 26.8 Å². The molecule has 0 aromatic rings. The molecule has 4 heteroatoms. The van der Waals surface area contributed by atoms with Gasteiger partial charge in [-0.25, -0.2) is 0 Å². The van der Waals surface area contributed by atoms with E-state index in [4.69, 9.17) is 10.5 Å². The van der Waals surface area contributed by atoms with Crippen molar-refractivity contribution in [2.24, 2.45) is 17.6 Å². The number of ether oxygens (including phenoxy) is 1. The first-order valence-corrected chi connectivity index (χ1v) is 7.62. The molecule has 3 unspecified atom stereocenters. The zero-order valence-corrected chi connectivity index (χ0v) is 12.7. The topological polar surface area (TPSA) is 55.6 Å². The summed E-state index contributed by atoms with van der Waals surface area (Å²) in [4.78, 5) is 14.5. The lowest BCUT2D eigenvalue weighted by Crippen LogP contribution is -2.48. The average Bonchev–Trinajstić information content (AvgIpc) is 2.40. The molecule has 4 nitrogen and oxygen atoms in total. The Morgan fingerprint density at radius 1 is 1.42 bits per heavy atom. The SMILES string of the molecule is CCN(C(=O)CC(C)COC)C1CCCCC1CN. The van der Waals surface area contributed by atoms with E-state index >= 15 is 0 Å². The molecule has 0 heterocycles. The number of nitrogens with two attached hydrogens (primary N) is 1. The molecule has 2 N–H and O–H groups in total. The first-order valence-electron chi connectivity index (χ1n) is 7.62. The molecule has 1 saturated carbocycles. The van der Waals surface area contributed by atoms with Gasteiger partial charge in [0.2, 0.25) is 5.91 Å². The van der Waals surface area contributed by atoms with Gasteiger partial charge < -0.3 is 15.4 Å². The summed E-state index contributed by atoms with van der Waals surface area (Å²) >= 11 is 0. The molecular formula is C15H30N2O2. The van der Waals surface area contributed by atoms with Gasteiger partial charge in [-0.15, -0.1) is 0 Å². The molecule has 1 fully saturated rings. The zero-order valence-electron chi connectivity index (χ0n) is 12.7. The fourth-order valence-electron chi connectivity index (χ4n) is 3.23. The van der Waals surface area contributed by atoms with Crippen LogP contribution in [0.3, 0.4) is 0 Å². The number of rotatable bonds is 7. The second kappa shape index (κ2) is 8.54. The number of carbonyl (C=O) groups is 1. The molecule has 112 valence electrons. The van der Waals surface area contributed by atoms with Crippen molar-refractivity contribution < 1.29 is 9.53 Å². The third-order valence-electron chi connectivity index (χ3n) is 4.21. The first-order chi connectivity index (χ1) is 9.13. The van der Waals surface area contributed by atoms with Crippen LogP contribution >= 0.6 is 0 Å². The molecule has 19 heavy (non-hydrogen) atoms. The van der Waals surface area contributed by atoms with Crippen LogP contribution in [0, 0.1) is 11.8 Å². The van der Waals surface area contributed by atoms with Crippen molar-refractivity contribution in [3.05, 3.63) is 0 Å². The van der Waals surface area contributed by atoms with E-state index in [1.54, 1.807) is 7.11 Å². The Kier molecular flexibility index (Phi) is 7.39. The minimum atomic E-state index is 0.261. The standard InChI is InChI=1S/C15H30N2O2/c1-4-17(15(18)9-12(2)11-19-3)14-8-6-5-7-13(14)10-16/h12-14H,4-11,16H2,1-3H3. The van der Waals surface area contributed by atoms with Crippen molar-refractivity contribution in [3.8, 4) is 0 Å². The predicted octanol–water partition coefficient (Wildman–Crippen LogP) is 2.02. The van der Waals surface area contributed by atoms with Crippen LogP contribution in [0.1, 0.15) is 46.0 Å². The number of hydrogen-bond donors (Lipinski definition) is 1. The number of hydrogen-bond acceptors (Lipinski definition) is 3. The van der Waals surface area contributed by atoms with Crippen molar-refractivity contribution in [3.63, 3.8) is 0 Å². The van der Waals surface area contributed by atoms with Crippen LogP contribution in [0.2, 0.25) is 0 Å². The highest BCUT2D eigenvalue weighted by atomic mass is 16.5. The summed E-state index contributed by atoms with van der Waals surface area (Å²) in [7, 11) is 1.68. The van der Waals surface area contributed by atoms with Gasteiger partial charge in [-0.1, -0.05) is 19.8 Å². The maximum Gasteiger partial charge on any atom is 0.223 e. The Labute approximate surface area is 117 Å². The van der Waals surface area contributed by atoms with Crippen LogP contribution in [0.15, 0.2) is 0 Å². The highest BCUT2D eigenvalue weighted by Gasteiger charge is 2.31. The lowest BCUT2D eigenvalue weighted by Gasteiger charge is -2.39. The van der Waals surface area contributed by atoms with Crippen LogP contribution in [-0.4, -0.2) is 43.7 Å². The van der Waals surface area contributed by atoms with Crippen molar-refractivity contribution in [1.82, 2.24) is 4.90 Å². The Morgan fingerprint density at radius 2 is 2.11 bits per heavy atom. The van der Waals surface area contributed by atoms with Crippen molar-refractivity contribution >= 4 is 5.91 Å². The fourth-order valence-corrected chi connectivity index (χ4v) is 3.23. The molecule has 0 saturated heterocycles. The van der Waals surface area contributed by atoms with E-state index in [2.05, 4.69) is 18.7 Å². The summed E-state index contributed by atoms with van der Waals surface area (Å²) in [5.41, 5.74) is 5.88. The van der Waals surface area contributed by atoms with Gasteiger partial charge in [0, 0.05) is 32.7 Å². The molecule has 0 aromatic heterocycles. The van der Waals surface area contributed by atoms with Crippen molar-refractivity contribution in [1.29, 1.82) is 0 Å². The maximum absolute atomic E-state index is 12.4. The second-order valence-corrected chi connectivity index (χ2v) is 5.79. The van der Waals surface area contributed by atoms with Gasteiger partial charge in [-0.05, 0) is 38.1 Å². The third kappa shape index (κ3) is 4.77. The van der Waals surface area contributed by atoms with Crippen LogP contribution < -0.4 is 5.73 Å². The Hall–Kier alpha value is -0.610. The van der Waals surface area contributed by atoms with Crippen LogP contribution in [0.25, 0.3) is 0 Å². The Bertz CT molecular complexity index is 271. The molecule has 0 radical (unpaired) electrons. The molecule has 1 aliphatic carbocycles. The van der Waals surface area contributed by atoms with E-state index in [-0.39, 0.29) is 11.8 Å². The number of carbonyl (C=O) groups excluding carboxylic acids is 1. The normalized spacial score (nSPS) is 25.1. The molecule has 0 bridgehead atoms. The lowest BCUT2D eigenvalue weighted by molar-refractivity contribution is -0.136. The van der Waals surface area contributed by atoms with Gasteiger partial charge in [0.1, 0.15) is 0 Å². The summed E-state index contributed by atoms with van der Waals surface area (Å²) in [6, 6.07) is 0.353. The molecule has 1 aliphatic rings. The second-order valence-electron chi connectivity index (χ2n) is 5.79. The summed E-state index contributed by atoms with van der Waals surface area (Å²) in [6.07, 6.45) is 5.33. The van der Waals surface area contributed by atoms with E-state index in [1.165, 1.54) is 19.3 Å². The number of methoxy groups -OCH3 is 1. The quantitative estimate of drug-likeness (QED) is 0.770. The molecular weight excluding hydrogens is 240 g/mol. The summed E-state index contributed by atoms with van der Waals surface area (Å²) in [6.45, 7) is 6.27. The third-order valence-corrected chi connectivity index (χ3v) is 4.21. The van der Waals surface area contributed by atoms with Gasteiger partial charge in [0.15, 0.2) is 0 Å². The largest absolute Gasteiger partial charge is 0.384 e. The van der Waals surface area contributed by atoms with Crippen LogP contribution in [-0.2, 0) is 9.53 Å². The van der Waals surface area contributed by atoms with Crippen LogP contribution in [0.5, 0.6) is 0 Å². The summed E-state index contributed by atoms with van der Waals surface area (Å²) in [5, 5.41) is 0. The number of nitrogens with zero attached hydrogens (tertiary/aromatic N) is 1. The van der Waals surface area contributed by atoms with Gasteiger partial charge in [-0.3, -0.25) is 4.79 Å². The predicted molar refractivity (Wildman–Crippen MR) is 77.8 cm³/mol. The fraction of sp³-hybridized carbons (Fsp3) is 0.933. The Morgan fingerprint density at radius 3 is 2.68 bits per heavy atom. The zero-order chi connectivity index (χ0) is 14.3. The molecule has 0 aliphatic heterocycles. The first kappa shape index (κ1) is 16.4. The van der Waals surface area contributed by atoms with Gasteiger partial charge in [0.05, 0.1) is 0 Å². The summed E-state index contributed by atoms with van der Waals surface area (Å²) in [5.74, 6) is 1.03. The molecule has 0 spiro atoms. The van der Waals surface area contributed by atoms with Gasteiger partial charge in [-0.2, -0.15) is 0 Å². The van der Waals surface area contributed by atoms with Crippen molar-refractivity contribution in [2.45, 2.75) is 52.0 Å². The number of amides is 1. The van der Waals surface area contributed by atoms with E-state index in [9.17, 15) is 4.79 Å². The highest BCUT2D eigenvalue weighted by molar-refractivity contribution is 5.76. The van der Waals surface area contributed by atoms with E-state index < -0.39 is 0 Å². The minimum Gasteiger partial charge on any atom is -0.384 e. The smallest absolute Gasteiger partial charge is 0.223 e. The van der Waals surface area contributed by atoms with E-state index in [0.29, 0.717) is 31.5 Å².